The number of amides is 2. The summed E-state index contributed by atoms with van der Waals surface area (Å²) in [5, 5.41) is 5.87. The second kappa shape index (κ2) is 7.05. The van der Waals surface area contributed by atoms with Crippen LogP contribution in [0.15, 0.2) is 42.5 Å². The average molecular weight is 340 g/mol. The van der Waals surface area contributed by atoms with Gasteiger partial charge in [-0.3, -0.25) is 0 Å². The first-order chi connectivity index (χ1) is 12.0. The van der Waals surface area contributed by atoms with Crippen molar-refractivity contribution in [2.24, 2.45) is 0 Å². The first-order valence-electron chi connectivity index (χ1n) is 8.42. The Labute approximate surface area is 148 Å². The maximum absolute atomic E-state index is 12.1. The molecule has 25 heavy (non-hydrogen) atoms. The van der Waals surface area contributed by atoms with Crippen LogP contribution >= 0.6 is 0 Å². The number of aryl methyl sites for hydroxylation is 1. The second-order valence-electron chi connectivity index (χ2n) is 6.91. The zero-order chi connectivity index (χ0) is 17.9. The molecule has 0 fully saturated rings. The van der Waals surface area contributed by atoms with E-state index in [1.807, 2.05) is 49.4 Å². The molecular weight excluding hydrogens is 316 g/mol. The lowest BCUT2D eigenvalue weighted by Crippen LogP contribution is -2.42. The number of carbonyl (C=O) groups excluding carboxylic acids is 1. The molecular formula is C20H24N2O3. The van der Waals surface area contributed by atoms with Gasteiger partial charge in [-0.15, -0.1) is 0 Å². The van der Waals surface area contributed by atoms with E-state index in [1.54, 1.807) is 0 Å². The SMILES string of the molecule is Cc1ccccc1CNC(=O)NCC(C)(C)c1ccc2c(c1)OCO2. The molecule has 2 amide bonds. The third-order valence-corrected chi connectivity index (χ3v) is 4.55. The van der Waals surface area contributed by atoms with Gasteiger partial charge in [0.05, 0.1) is 0 Å². The summed E-state index contributed by atoms with van der Waals surface area (Å²) in [7, 11) is 0. The van der Waals surface area contributed by atoms with Gasteiger partial charge < -0.3 is 20.1 Å². The summed E-state index contributed by atoms with van der Waals surface area (Å²) in [6.45, 7) is 7.52. The summed E-state index contributed by atoms with van der Waals surface area (Å²) in [4.78, 5) is 12.1. The van der Waals surface area contributed by atoms with E-state index in [0.717, 1.165) is 22.6 Å². The van der Waals surface area contributed by atoms with Crippen LogP contribution in [0.25, 0.3) is 0 Å². The van der Waals surface area contributed by atoms with Crippen molar-refractivity contribution in [1.29, 1.82) is 0 Å². The number of fused-ring (bicyclic) bond motifs is 1. The number of rotatable bonds is 5. The Hall–Kier alpha value is -2.69. The Bertz CT molecular complexity index is 771. The fraction of sp³-hybridized carbons (Fsp3) is 0.350. The minimum Gasteiger partial charge on any atom is -0.454 e. The fourth-order valence-electron chi connectivity index (χ4n) is 2.77. The molecule has 0 bridgehead atoms. The monoisotopic (exact) mass is 340 g/mol. The molecule has 1 aliphatic heterocycles. The van der Waals surface area contributed by atoms with Gasteiger partial charge in [0.1, 0.15) is 0 Å². The van der Waals surface area contributed by atoms with Crippen LogP contribution in [0.5, 0.6) is 11.5 Å². The van der Waals surface area contributed by atoms with Crippen molar-refractivity contribution in [3.8, 4) is 11.5 Å². The molecule has 2 aromatic rings. The molecule has 5 nitrogen and oxygen atoms in total. The van der Waals surface area contributed by atoms with E-state index in [1.165, 1.54) is 5.56 Å². The summed E-state index contributed by atoms with van der Waals surface area (Å²) >= 11 is 0. The smallest absolute Gasteiger partial charge is 0.315 e. The van der Waals surface area contributed by atoms with Crippen LogP contribution < -0.4 is 20.1 Å². The first kappa shape index (κ1) is 17.1. The van der Waals surface area contributed by atoms with Crippen molar-refractivity contribution in [1.82, 2.24) is 10.6 Å². The van der Waals surface area contributed by atoms with Crippen LogP contribution in [-0.2, 0) is 12.0 Å². The van der Waals surface area contributed by atoms with E-state index in [0.29, 0.717) is 13.1 Å². The van der Waals surface area contributed by atoms with Gasteiger partial charge in [0.25, 0.3) is 0 Å². The molecule has 5 heteroatoms. The number of ether oxygens (including phenoxy) is 2. The molecule has 0 saturated heterocycles. The molecule has 1 heterocycles. The van der Waals surface area contributed by atoms with Crippen molar-refractivity contribution in [2.45, 2.75) is 32.7 Å². The maximum atomic E-state index is 12.1. The number of carbonyl (C=O) groups is 1. The molecule has 0 spiro atoms. The van der Waals surface area contributed by atoms with Crippen LogP contribution in [-0.4, -0.2) is 19.4 Å². The lowest BCUT2D eigenvalue weighted by molar-refractivity contribution is 0.174. The van der Waals surface area contributed by atoms with E-state index in [9.17, 15) is 4.79 Å². The van der Waals surface area contributed by atoms with Gasteiger partial charge in [0.15, 0.2) is 11.5 Å². The molecule has 3 rings (SSSR count). The predicted octanol–water partition coefficient (Wildman–Crippen LogP) is 3.50. The fourth-order valence-corrected chi connectivity index (χ4v) is 2.77. The highest BCUT2D eigenvalue weighted by Gasteiger charge is 2.24. The van der Waals surface area contributed by atoms with Gasteiger partial charge >= 0.3 is 6.03 Å². The largest absolute Gasteiger partial charge is 0.454 e. The van der Waals surface area contributed by atoms with Crippen LogP contribution in [0, 0.1) is 6.92 Å². The van der Waals surface area contributed by atoms with Gasteiger partial charge in [-0.05, 0) is 35.7 Å². The van der Waals surface area contributed by atoms with Crippen molar-refractivity contribution in [3.63, 3.8) is 0 Å². The summed E-state index contributed by atoms with van der Waals surface area (Å²) in [6.07, 6.45) is 0. The van der Waals surface area contributed by atoms with Crippen LogP contribution in [0.3, 0.4) is 0 Å². The summed E-state index contributed by atoms with van der Waals surface area (Å²) in [5.74, 6) is 1.53. The van der Waals surface area contributed by atoms with Crippen molar-refractivity contribution in [2.75, 3.05) is 13.3 Å². The minimum atomic E-state index is -0.221. The first-order valence-corrected chi connectivity index (χ1v) is 8.42. The summed E-state index contributed by atoms with van der Waals surface area (Å²) < 4.78 is 10.8. The molecule has 0 radical (unpaired) electrons. The van der Waals surface area contributed by atoms with Crippen molar-refractivity contribution in [3.05, 3.63) is 59.2 Å². The normalized spacial score (nSPS) is 12.8. The Morgan fingerprint density at radius 2 is 1.84 bits per heavy atom. The Kier molecular flexibility index (Phi) is 4.83. The average Bonchev–Trinajstić information content (AvgIpc) is 3.07. The van der Waals surface area contributed by atoms with Gasteiger partial charge in [-0.1, -0.05) is 44.2 Å². The minimum absolute atomic E-state index is 0.169. The molecule has 0 saturated carbocycles. The van der Waals surface area contributed by atoms with Crippen LogP contribution in [0.2, 0.25) is 0 Å². The predicted molar refractivity (Wildman–Crippen MR) is 97.0 cm³/mol. The van der Waals surface area contributed by atoms with Gasteiger partial charge in [0.2, 0.25) is 6.79 Å². The van der Waals surface area contributed by atoms with E-state index < -0.39 is 0 Å². The number of hydrogen-bond acceptors (Lipinski definition) is 3. The number of nitrogens with one attached hydrogen (secondary N) is 2. The van der Waals surface area contributed by atoms with Crippen LogP contribution in [0.4, 0.5) is 4.79 Å². The molecule has 1 aliphatic rings. The third kappa shape index (κ3) is 4.05. The van der Waals surface area contributed by atoms with Gasteiger partial charge in [-0.2, -0.15) is 0 Å². The lowest BCUT2D eigenvalue weighted by Gasteiger charge is -2.26. The Balaban J connectivity index is 1.54. The van der Waals surface area contributed by atoms with Gasteiger partial charge in [-0.25, -0.2) is 4.79 Å². The van der Waals surface area contributed by atoms with Crippen molar-refractivity contribution < 1.29 is 14.3 Å². The Morgan fingerprint density at radius 3 is 2.64 bits per heavy atom. The molecule has 0 unspecified atom stereocenters. The highest BCUT2D eigenvalue weighted by Crippen LogP contribution is 2.36. The van der Waals surface area contributed by atoms with E-state index in [4.69, 9.17) is 9.47 Å². The molecule has 132 valence electrons. The number of benzene rings is 2. The zero-order valence-corrected chi connectivity index (χ0v) is 14.9. The molecule has 2 aromatic carbocycles. The number of urea groups is 1. The number of hydrogen-bond donors (Lipinski definition) is 2. The zero-order valence-electron chi connectivity index (χ0n) is 14.9. The topological polar surface area (TPSA) is 59.6 Å². The highest BCUT2D eigenvalue weighted by atomic mass is 16.7. The standard InChI is InChI=1S/C20H24N2O3/c1-14-6-4-5-7-15(14)11-21-19(23)22-12-20(2,3)16-8-9-17-18(10-16)25-13-24-17/h4-10H,11-13H2,1-3H3,(H2,21,22,23). The molecule has 0 aliphatic carbocycles. The highest BCUT2D eigenvalue weighted by molar-refractivity contribution is 5.74. The molecule has 0 aromatic heterocycles. The maximum Gasteiger partial charge on any atom is 0.315 e. The van der Waals surface area contributed by atoms with E-state index >= 15 is 0 Å². The van der Waals surface area contributed by atoms with Gasteiger partial charge in [0, 0.05) is 18.5 Å². The van der Waals surface area contributed by atoms with E-state index in [2.05, 4.69) is 24.5 Å². The van der Waals surface area contributed by atoms with Crippen molar-refractivity contribution >= 4 is 6.03 Å². The second-order valence-corrected chi connectivity index (χ2v) is 6.91. The summed E-state index contributed by atoms with van der Waals surface area (Å²) in [5.41, 5.74) is 3.16. The van der Waals surface area contributed by atoms with E-state index in [-0.39, 0.29) is 18.2 Å². The molecule has 2 N–H and O–H groups in total. The lowest BCUT2D eigenvalue weighted by atomic mass is 9.84. The quantitative estimate of drug-likeness (QED) is 0.876. The van der Waals surface area contributed by atoms with Crippen LogP contribution in [0.1, 0.15) is 30.5 Å². The Morgan fingerprint density at radius 1 is 1.08 bits per heavy atom. The third-order valence-electron chi connectivity index (χ3n) is 4.55. The summed E-state index contributed by atoms with van der Waals surface area (Å²) in [6, 6.07) is 13.8. The molecule has 0 atom stereocenters.